The molecule has 0 unspecified atom stereocenters. The summed E-state index contributed by atoms with van der Waals surface area (Å²) < 4.78 is 22.7. The molecule has 2 heterocycles. The molecule has 0 bridgehead atoms. The topological polar surface area (TPSA) is 160 Å². The van der Waals surface area contributed by atoms with Crippen LogP contribution in [0.1, 0.15) is 56.6 Å². The number of carbonyl (C=O) groups is 2. The number of H-pyrrole nitrogens is 1. The van der Waals surface area contributed by atoms with E-state index in [0.717, 1.165) is 54.1 Å². The van der Waals surface area contributed by atoms with Crippen LogP contribution < -0.4 is 5.32 Å². The van der Waals surface area contributed by atoms with Gasteiger partial charge in [0.05, 0.1) is 6.61 Å². The van der Waals surface area contributed by atoms with Crippen LogP contribution in [0.3, 0.4) is 0 Å². The molecule has 3 aromatic rings. The van der Waals surface area contributed by atoms with Crippen LogP contribution in [-0.4, -0.2) is 82.3 Å². The first-order chi connectivity index (χ1) is 21.4. The van der Waals surface area contributed by atoms with Crippen molar-refractivity contribution in [2.45, 2.75) is 95.2 Å². The molecule has 1 amide bonds. The lowest BCUT2D eigenvalue weighted by atomic mass is 9.98. The molecule has 11 heteroatoms. The summed E-state index contributed by atoms with van der Waals surface area (Å²) in [6.07, 6.45) is 0.255. The zero-order valence-electron chi connectivity index (χ0n) is 25.1. The third kappa shape index (κ3) is 9.26. The summed E-state index contributed by atoms with van der Waals surface area (Å²) in [6.45, 7) is 1.86. The van der Waals surface area contributed by atoms with Crippen molar-refractivity contribution in [3.63, 3.8) is 0 Å². The first kappa shape index (κ1) is 33.4. The highest BCUT2D eigenvalue weighted by molar-refractivity contribution is 5.86. The Bertz CT molecular complexity index is 1300. The lowest BCUT2D eigenvalue weighted by Gasteiger charge is -2.41. The van der Waals surface area contributed by atoms with E-state index in [2.05, 4.69) is 17.2 Å². The van der Waals surface area contributed by atoms with Gasteiger partial charge in [0.1, 0.15) is 31.0 Å². The monoisotopic (exact) mass is 612 g/mol. The average molecular weight is 613 g/mol. The number of aromatic nitrogens is 1. The van der Waals surface area contributed by atoms with Crippen molar-refractivity contribution in [3.8, 4) is 0 Å². The molecule has 44 heavy (non-hydrogen) atoms. The van der Waals surface area contributed by atoms with Gasteiger partial charge in [-0.2, -0.15) is 0 Å². The van der Waals surface area contributed by atoms with Gasteiger partial charge in [0.15, 0.2) is 12.4 Å². The van der Waals surface area contributed by atoms with Crippen molar-refractivity contribution in [2.75, 3.05) is 13.2 Å². The van der Waals surface area contributed by atoms with E-state index in [1.54, 1.807) is 6.20 Å². The number of hydrogen-bond acceptors (Lipinski definition) is 9. The Labute approximate surface area is 257 Å². The van der Waals surface area contributed by atoms with Crippen molar-refractivity contribution in [3.05, 3.63) is 71.9 Å². The summed E-state index contributed by atoms with van der Waals surface area (Å²) in [7, 11) is 0. The number of ether oxygens (including phenoxy) is 4. The molecule has 0 aliphatic carbocycles. The van der Waals surface area contributed by atoms with Crippen molar-refractivity contribution in [1.82, 2.24) is 10.3 Å². The highest BCUT2D eigenvalue weighted by Crippen LogP contribution is 2.26. The third-order valence-electron chi connectivity index (χ3n) is 7.75. The van der Waals surface area contributed by atoms with Gasteiger partial charge in [-0.3, -0.25) is 0 Å². The van der Waals surface area contributed by atoms with Gasteiger partial charge in [0.25, 0.3) is 0 Å². The summed E-state index contributed by atoms with van der Waals surface area (Å²) >= 11 is 0. The number of amides is 1. The van der Waals surface area contributed by atoms with Crippen molar-refractivity contribution in [2.24, 2.45) is 0 Å². The Morgan fingerprint density at radius 3 is 2.48 bits per heavy atom. The number of para-hydroxylation sites is 1. The summed E-state index contributed by atoms with van der Waals surface area (Å²) in [6, 6.07) is 15.5. The molecule has 0 saturated carbocycles. The summed E-state index contributed by atoms with van der Waals surface area (Å²) in [5.74, 6) is -0.873. The maximum atomic E-state index is 13.7. The number of carbonyl (C=O) groups excluding carboxylic acids is 2. The highest BCUT2D eigenvalue weighted by Gasteiger charge is 2.47. The molecule has 1 fully saturated rings. The molecule has 0 spiro atoms. The normalized spacial score (nSPS) is 22.4. The molecular formula is C33H44N2O9. The van der Waals surface area contributed by atoms with Crippen LogP contribution in [0.4, 0.5) is 4.79 Å². The fraction of sp³-hybridized carbons (Fsp3) is 0.515. The number of aliphatic hydroxyl groups excluding tert-OH is 3. The number of rotatable bonds is 16. The standard InChI is InChI=1S/C33H44N2O9/c1-2-3-4-5-6-12-17-41-32-30(29(38)28(37)27(20-36)43-32)44-31(39)26(18-23-19-34-25-16-11-10-15-24(23)25)35-33(40)42-21-22-13-8-7-9-14-22/h7-11,13-16,19,26-30,32,34,36-38H,2-6,12,17-18,20-21H2,1H3,(H,35,40)/t26-,27+,28+,29-,30+,32+/m0/s1. The molecule has 1 aliphatic rings. The molecule has 1 saturated heterocycles. The third-order valence-corrected chi connectivity index (χ3v) is 7.75. The Morgan fingerprint density at radius 1 is 0.977 bits per heavy atom. The van der Waals surface area contributed by atoms with Gasteiger partial charge in [-0.05, 0) is 23.6 Å². The van der Waals surface area contributed by atoms with E-state index in [4.69, 9.17) is 18.9 Å². The van der Waals surface area contributed by atoms with Crippen molar-refractivity contribution in [1.29, 1.82) is 0 Å². The van der Waals surface area contributed by atoms with E-state index in [9.17, 15) is 24.9 Å². The molecule has 6 atom stereocenters. The number of aliphatic hydroxyl groups is 3. The van der Waals surface area contributed by atoms with Crippen LogP contribution in [-0.2, 0) is 36.8 Å². The van der Waals surface area contributed by atoms with E-state index < -0.39 is 55.4 Å². The lowest BCUT2D eigenvalue weighted by Crippen LogP contribution is -2.61. The van der Waals surface area contributed by atoms with E-state index in [0.29, 0.717) is 0 Å². The average Bonchev–Trinajstić information content (AvgIpc) is 3.45. The molecule has 1 aliphatic heterocycles. The predicted octanol–water partition coefficient (Wildman–Crippen LogP) is 3.73. The molecule has 5 N–H and O–H groups in total. The molecule has 2 aromatic carbocycles. The number of benzene rings is 2. The van der Waals surface area contributed by atoms with E-state index in [1.807, 2.05) is 54.6 Å². The minimum absolute atomic E-state index is 0.000194. The summed E-state index contributed by atoms with van der Waals surface area (Å²) in [5, 5.41) is 34.6. The minimum atomic E-state index is -1.60. The molecule has 0 radical (unpaired) electrons. The first-order valence-electron chi connectivity index (χ1n) is 15.4. The fourth-order valence-electron chi connectivity index (χ4n) is 5.23. The Kier molecular flexibility index (Phi) is 13.0. The predicted molar refractivity (Wildman–Crippen MR) is 163 cm³/mol. The Hall–Kier alpha value is -3.48. The lowest BCUT2D eigenvalue weighted by molar-refractivity contribution is -0.304. The van der Waals surface area contributed by atoms with Gasteiger partial charge in [-0.15, -0.1) is 0 Å². The number of esters is 1. The zero-order valence-corrected chi connectivity index (χ0v) is 25.1. The number of hydrogen-bond donors (Lipinski definition) is 5. The molecule has 240 valence electrons. The van der Waals surface area contributed by atoms with Gasteiger partial charge in [-0.1, -0.05) is 87.6 Å². The summed E-state index contributed by atoms with van der Waals surface area (Å²) in [5.41, 5.74) is 2.39. The van der Waals surface area contributed by atoms with Crippen LogP contribution in [0.5, 0.6) is 0 Å². The number of aromatic amines is 1. The SMILES string of the molecule is CCCCCCCCO[C@@H]1O[C@H](CO)[C@@H](O)[C@H](O)[C@H]1OC(=O)[C@H](Cc1c[nH]c2ccccc12)NC(=O)OCc1ccccc1. The quantitative estimate of drug-likeness (QED) is 0.120. The highest BCUT2D eigenvalue weighted by atomic mass is 16.7. The first-order valence-corrected chi connectivity index (χ1v) is 15.4. The Balaban J connectivity index is 1.46. The van der Waals surface area contributed by atoms with E-state index in [1.165, 1.54) is 6.42 Å². The van der Waals surface area contributed by atoms with Crippen LogP contribution >= 0.6 is 0 Å². The number of unbranched alkanes of at least 4 members (excludes halogenated alkanes) is 5. The summed E-state index contributed by atoms with van der Waals surface area (Å²) in [4.78, 5) is 29.6. The van der Waals surface area contributed by atoms with Crippen LogP contribution in [0.15, 0.2) is 60.8 Å². The van der Waals surface area contributed by atoms with Crippen LogP contribution in [0.25, 0.3) is 10.9 Å². The Morgan fingerprint density at radius 2 is 1.70 bits per heavy atom. The second-order valence-corrected chi connectivity index (χ2v) is 11.1. The molecular weight excluding hydrogens is 568 g/mol. The number of alkyl carbamates (subject to hydrolysis) is 1. The second kappa shape index (κ2) is 17.1. The smallest absolute Gasteiger partial charge is 0.408 e. The maximum Gasteiger partial charge on any atom is 0.408 e. The fourth-order valence-corrected chi connectivity index (χ4v) is 5.23. The number of nitrogens with one attached hydrogen (secondary N) is 2. The van der Waals surface area contributed by atoms with Crippen molar-refractivity contribution < 1.29 is 43.9 Å². The van der Waals surface area contributed by atoms with Gasteiger partial charge < -0.3 is 44.6 Å². The van der Waals surface area contributed by atoms with E-state index in [-0.39, 0.29) is 19.6 Å². The minimum Gasteiger partial charge on any atom is -0.453 e. The zero-order chi connectivity index (χ0) is 31.3. The van der Waals surface area contributed by atoms with Gasteiger partial charge in [0.2, 0.25) is 0 Å². The molecule has 11 nitrogen and oxygen atoms in total. The van der Waals surface area contributed by atoms with Gasteiger partial charge in [-0.25, -0.2) is 9.59 Å². The van der Waals surface area contributed by atoms with E-state index >= 15 is 0 Å². The molecule has 4 rings (SSSR count). The molecule has 1 aromatic heterocycles. The van der Waals surface area contributed by atoms with Gasteiger partial charge >= 0.3 is 12.1 Å². The van der Waals surface area contributed by atoms with Gasteiger partial charge in [0, 0.05) is 30.1 Å². The second-order valence-electron chi connectivity index (χ2n) is 11.1. The van der Waals surface area contributed by atoms with Crippen LogP contribution in [0.2, 0.25) is 0 Å². The number of fused-ring (bicyclic) bond motifs is 1. The van der Waals surface area contributed by atoms with Crippen molar-refractivity contribution >= 4 is 23.0 Å². The van der Waals surface area contributed by atoms with Crippen LogP contribution in [0, 0.1) is 0 Å². The maximum absolute atomic E-state index is 13.7. The largest absolute Gasteiger partial charge is 0.453 e.